The van der Waals surface area contributed by atoms with Gasteiger partial charge in [-0.2, -0.15) is 0 Å². The molecule has 0 spiro atoms. The van der Waals surface area contributed by atoms with Crippen molar-refractivity contribution in [3.8, 4) is 0 Å². The highest BCUT2D eigenvalue weighted by molar-refractivity contribution is 6.34. The fourth-order valence-electron chi connectivity index (χ4n) is 3.31. The zero-order chi connectivity index (χ0) is 24.7. The highest BCUT2D eigenvalue weighted by atomic mass is 35.5. The molecule has 0 bridgehead atoms. The van der Waals surface area contributed by atoms with Gasteiger partial charge in [0.25, 0.3) is 17.5 Å². The van der Waals surface area contributed by atoms with Crippen LogP contribution >= 0.6 is 11.6 Å². The Labute approximate surface area is 201 Å². The van der Waals surface area contributed by atoms with Crippen molar-refractivity contribution in [3.05, 3.63) is 92.6 Å². The molecule has 0 aliphatic heterocycles. The van der Waals surface area contributed by atoms with Crippen LogP contribution in [0.1, 0.15) is 40.1 Å². The first-order valence-electron chi connectivity index (χ1n) is 10.7. The van der Waals surface area contributed by atoms with Crippen molar-refractivity contribution in [2.24, 2.45) is 0 Å². The predicted octanol–water partition coefficient (Wildman–Crippen LogP) is 4.67. The third-order valence-electron chi connectivity index (χ3n) is 5.18. The van der Waals surface area contributed by atoms with Gasteiger partial charge in [0.1, 0.15) is 5.82 Å². The van der Waals surface area contributed by atoms with Gasteiger partial charge < -0.3 is 15.5 Å². The number of para-hydroxylation sites is 1. The van der Waals surface area contributed by atoms with E-state index < -0.39 is 10.8 Å². The van der Waals surface area contributed by atoms with E-state index in [0.29, 0.717) is 0 Å². The van der Waals surface area contributed by atoms with Crippen LogP contribution < -0.4 is 15.5 Å². The molecular weight excluding hydrogens is 458 g/mol. The molecule has 0 aliphatic rings. The molecule has 10 heteroatoms. The van der Waals surface area contributed by atoms with Gasteiger partial charge in [-0.25, -0.2) is 4.98 Å². The van der Waals surface area contributed by atoms with E-state index in [1.165, 1.54) is 12.1 Å². The zero-order valence-electron chi connectivity index (χ0n) is 18.7. The van der Waals surface area contributed by atoms with Crippen LogP contribution in [0.3, 0.4) is 0 Å². The van der Waals surface area contributed by atoms with Crippen LogP contribution in [0.15, 0.2) is 60.8 Å². The Morgan fingerprint density at radius 3 is 2.38 bits per heavy atom. The molecule has 0 saturated carbocycles. The van der Waals surface area contributed by atoms with Crippen LogP contribution in [-0.4, -0.2) is 34.8 Å². The standard InChI is InChI=1S/C24H24ClN5O4/c1-3-29(4-2)22-12-9-16(14-26-22)15-27-23(31)19-7-5-6-8-21(19)28-24(32)18-11-10-17(30(33)34)13-20(18)25/h5-14H,3-4,15H2,1-2H3,(H,27,31)(H,28,32). The van der Waals surface area contributed by atoms with Crippen LogP contribution in [0.2, 0.25) is 5.02 Å². The molecule has 2 N–H and O–H groups in total. The van der Waals surface area contributed by atoms with E-state index in [1.54, 1.807) is 30.5 Å². The number of hydrogen-bond donors (Lipinski definition) is 2. The van der Waals surface area contributed by atoms with Gasteiger partial charge >= 0.3 is 0 Å². The van der Waals surface area contributed by atoms with Crippen molar-refractivity contribution in [2.75, 3.05) is 23.3 Å². The Hall–Kier alpha value is -3.98. The summed E-state index contributed by atoms with van der Waals surface area (Å²) in [5.74, 6) is -0.0899. The topological polar surface area (TPSA) is 117 Å². The normalized spacial score (nSPS) is 10.4. The minimum atomic E-state index is -0.597. The van der Waals surface area contributed by atoms with E-state index in [2.05, 4.69) is 34.4 Å². The minimum Gasteiger partial charge on any atom is -0.357 e. The van der Waals surface area contributed by atoms with Gasteiger partial charge in [-0.05, 0) is 43.7 Å². The van der Waals surface area contributed by atoms with E-state index in [1.807, 2.05) is 12.1 Å². The first-order valence-corrected chi connectivity index (χ1v) is 11.0. The molecule has 1 aromatic heterocycles. The fraction of sp³-hybridized carbons (Fsp3) is 0.208. The Morgan fingerprint density at radius 1 is 1.03 bits per heavy atom. The maximum absolute atomic E-state index is 12.8. The van der Waals surface area contributed by atoms with Crippen LogP contribution in [-0.2, 0) is 6.54 Å². The zero-order valence-corrected chi connectivity index (χ0v) is 19.5. The average molecular weight is 482 g/mol. The average Bonchev–Trinajstić information content (AvgIpc) is 2.84. The molecule has 34 heavy (non-hydrogen) atoms. The minimum absolute atomic E-state index is 0.0573. The number of benzene rings is 2. The number of anilines is 2. The number of nitro benzene ring substituents is 1. The molecule has 9 nitrogen and oxygen atoms in total. The third kappa shape index (κ3) is 5.87. The molecule has 2 amide bonds. The summed E-state index contributed by atoms with van der Waals surface area (Å²) in [7, 11) is 0. The summed E-state index contributed by atoms with van der Waals surface area (Å²) in [6.45, 7) is 6.09. The number of hydrogen-bond acceptors (Lipinski definition) is 6. The number of carbonyl (C=O) groups excluding carboxylic acids is 2. The molecule has 0 atom stereocenters. The number of nitrogens with one attached hydrogen (secondary N) is 2. The number of rotatable bonds is 9. The van der Waals surface area contributed by atoms with Crippen LogP contribution in [0.25, 0.3) is 0 Å². The van der Waals surface area contributed by atoms with Gasteiger partial charge in [0.05, 0.1) is 26.8 Å². The number of non-ortho nitro benzene ring substituents is 1. The fourth-order valence-corrected chi connectivity index (χ4v) is 3.58. The predicted molar refractivity (Wildman–Crippen MR) is 131 cm³/mol. The lowest BCUT2D eigenvalue weighted by Gasteiger charge is -2.19. The van der Waals surface area contributed by atoms with Crippen LogP contribution in [0, 0.1) is 10.1 Å². The van der Waals surface area contributed by atoms with Crippen LogP contribution in [0.4, 0.5) is 17.2 Å². The molecule has 2 aromatic carbocycles. The summed E-state index contributed by atoms with van der Waals surface area (Å²) >= 11 is 6.05. The van der Waals surface area contributed by atoms with E-state index in [9.17, 15) is 19.7 Å². The molecule has 0 unspecified atom stereocenters. The Kier molecular flexibility index (Phi) is 8.15. The van der Waals surface area contributed by atoms with Gasteiger partial charge in [-0.3, -0.25) is 19.7 Å². The number of aromatic nitrogens is 1. The van der Waals surface area contributed by atoms with Crippen molar-refractivity contribution in [2.45, 2.75) is 20.4 Å². The summed E-state index contributed by atoms with van der Waals surface area (Å²) in [4.78, 5) is 42.4. The van der Waals surface area contributed by atoms with E-state index in [4.69, 9.17) is 11.6 Å². The van der Waals surface area contributed by atoms with Gasteiger partial charge in [-0.1, -0.05) is 29.8 Å². The van der Waals surface area contributed by atoms with Crippen molar-refractivity contribution in [1.82, 2.24) is 10.3 Å². The molecule has 0 aliphatic carbocycles. The molecule has 3 aromatic rings. The summed E-state index contributed by atoms with van der Waals surface area (Å²) in [6, 6.07) is 13.9. The maximum Gasteiger partial charge on any atom is 0.270 e. The quantitative estimate of drug-likeness (QED) is 0.338. The largest absolute Gasteiger partial charge is 0.357 e. The first kappa shape index (κ1) is 24.7. The third-order valence-corrected chi connectivity index (χ3v) is 5.49. The maximum atomic E-state index is 12.8. The van der Waals surface area contributed by atoms with Crippen molar-refractivity contribution in [1.29, 1.82) is 0 Å². The van der Waals surface area contributed by atoms with Crippen molar-refractivity contribution in [3.63, 3.8) is 0 Å². The number of pyridine rings is 1. The molecule has 3 rings (SSSR count). The van der Waals surface area contributed by atoms with Crippen molar-refractivity contribution < 1.29 is 14.5 Å². The van der Waals surface area contributed by atoms with E-state index in [0.717, 1.165) is 30.5 Å². The van der Waals surface area contributed by atoms with Crippen LogP contribution in [0.5, 0.6) is 0 Å². The van der Waals surface area contributed by atoms with E-state index >= 15 is 0 Å². The number of carbonyl (C=O) groups is 2. The molecule has 0 fully saturated rings. The van der Waals surface area contributed by atoms with E-state index in [-0.39, 0.29) is 40.0 Å². The molecule has 1 heterocycles. The highest BCUT2D eigenvalue weighted by Gasteiger charge is 2.18. The lowest BCUT2D eigenvalue weighted by atomic mass is 10.1. The number of halogens is 1. The Balaban J connectivity index is 1.69. The first-order chi connectivity index (χ1) is 16.3. The molecule has 176 valence electrons. The summed E-state index contributed by atoms with van der Waals surface area (Å²) in [5.41, 5.74) is 1.22. The second-order valence-corrected chi connectivity index (χ2v) is 7.71. The SMILES string of the molecule is CCN(CC)c1ccc(CNC(=O)c2ccccc2NC(=O)c2ccc([N+](=O)[O-])cc2Cl)cn1. The monoisotopic (exact) mass is 481 g/mol. The Bertz CT molecular complexity index is 1200. The van der Waals surface area contributed by atoms with Gasteiger partial charge in [0.2, 0.25) is 0 Å². The lowest BCUT2D eigenvalue weighted by Crippen LogP contribution is -2.25. The lowest BCUT2D eigenvalue weighted by molar-refractivity contribution is -0.384. The second kappa shape index (κ2) is 11.2. The summed E-state index contributed by atoms with van der Waals surface area (Å²) in [5, 5.41) is 16.3. The number of nitro groups is 1. The summed E-state index contributed by atoms with van der Waals surface area (Å²) < 4.78 is 0. The van der Waals surface area contributed by atoms with Gasteiger partial charge in [-0.15, -0.1) is 0 Å². The molecule has 0 radical (unpaired) electrons. The number of amides is 2. The van der Waals surface area contributed by atoms with Gasteiger partial charge in [0, 0.05) is 38.0 Å². The summed E-state index contributed by atoms with van der Waals surface area (Å²) in [6.07, 6.45) is 1.72. The highest BCUT2D eigenvalue weighted by Crippen LogP contribution is 2.24. The second-order valence-electron chi connectivity index (χ2n) is 7.30. The number of nitrogens with zero attached hydrogens (tertiary/aromatic N) is 3. The van der Waals surface area contributed by atoms with Gasteiger partial charge in [0.15, 0.2) is 0 Å². The smallest absolute Gasteiger partial charge is 0.270 e. The molecule has 0 saturated heterocycles. The molecular formula is C24H24ClN5O4. The Morgan fingerprint density at radius 2 is 1.76 bits per heavy atom. The van der Waals surface area contributed by atoms with Crippen molar-refractivity contribution >= 4 is 40.6 Å².